The van der Waals surface area contributed by atoms with Crippen molar-refractivity contribution >= 4 is 11.6 Å². The molecule has 0 bridgehead atoms. The van der Waals surface area contributed by atoms with E-state index in [1.54, 1.807) is 12.5 Å². The number of ether oxygens (including phenoxy) is 1. The first-order chi connectivity index (χ1) is 9.65. The van der Waals surface area contributed by atoms with E-state index in [-0.39, 0.29) is 0 Å². The van der Waals surface area contributed by atoms with Crippen molar-refractivity contribution in [2.75, 3.05) is 6.61 Å². The zero-order chi connectivity index (χ0) is 14.4. The molecule has 1 heterocycles. The van der Waals surface area contributed by atoms with E-state index >= 15 is 0 Å². The minimum absolute atomic E-state index is 0.458. The molecule has 0 saturated heterocycles. The van der Waals surface area contributed by atoms with Gasteiger partial charge in [-0.05, 0) is 17.7 Å². The number of nitrogens with zero attached hydrogens (tertiary/aromatic N) is 2. The van der Waals surface area contributed by atoms with Crippen molar-refractivity contribution in [1.82, 2.24) is 14.9 Å². The fourth-order valence-corrected chi connectivity index (χ4v) is 2.03. The number of aromatic nitrogens is 2. The molecule has 0 saturated carbocycles. The lowest BCUT2D eigenvalue weighted by Crippen LogP contribution is -2.21. The van der Waals surface area contributed by atoms with Crippen LogP contribution in [0.4, 0.5) is 0 Å². The van der Waals surface area contributed by atoms with Crippen LogP contribution in [-0.4, -0.2) is 22.2 Å². The predicted octanol–water partition coefficient (Wildman–Crippen LogP) is 3.11. The maximum absolute atomic E-state index is 6.23. The average Bonchev–Trinajstić information content (AvgIpc) is 2.92. The van der Waals surface area contributed by atoms with Gasteiger partial charge < -0.3 is 14.6 Å². The largest absolute Gasteiger partial charge is 0.490 e. The molecule has 1 aromatic heterocycles. The van der Waals surface area contributed by atoms with Crippen molar-refractivity contribution < 1.29 is 4.74 Å². The molecule has 0 amide bonds. The van der Waals surface area contributed by atoms with Crippen molar-refractivity contribution in [2.24, 2.45) is 0 Å². The van der Waals surface area contributed by atoms with Crippen LogP contribution in [0.15, 0.2) is 36.9 Å². The zero-order valence-electron chi connectivity index (χ0n) is 11.8. The summed E-state index contributed by atoms with van der Waals surface area (Å²) in [5.41, 5.74) is 1.16. The van der Waals surface area contributed by atoms with E-state index in [4.69, 9.17) is 16.3 Å². The van der Waals surface area contributed by atoms with Gasteiger partial charge in [-0.1, -0.05) is 31.5 Å². The summed E-state index contributed by atoms with van der Waals surface area (Å²) >= 11 is 6.23. The Kier molecular flexibility index (Phi) is 5.44. The van der Waals surface area contributed by atoms with Crippen LogP contribution in [-0.2, 0) is 13.1 Å². The van der Waals surface area contributed by atoms with Crippen molar-refractivity contribution in [2.45, 2.75) is 33.0 Å². The van der Waals surface area contributed by atoms with E-state index in [2.05, 4.69) is 24.1 Å². The average molecular weight is 294 g/mol. The highest BCUT2D eigenvalue weighted by molar-refractivity contribution is 6.32. The second-order valence-electron chi connectivity index (χ2n) is 4.95. The van der Waals surface area contributed by atoms with Crippen molar-refractivity contribution in [1.29, 1.82) is 0 Å². The van der Waals surface area contributed by atoms with Gasteiger partial charge in [0, 0.05) is 25.0 Å². The maximum Gasteiger partial charge on any atom is 0.137 e. The van der Waals surface area contributed by atoms with Gasteiger partial charge in [-0.2, -0.15) is 0 Å². The lowest BCUT2D eigenvalue weighted by Gasteiger charge is -2.11. The first kappa shape index (κ1) is 14.9. The molecule has 0 atom stereocenters. The molecule has 4 nitrogen and oxygen atoms in total. The summed E-state index contributed by atoms with van der Waals surface area (Å²) < 4.78 is 7.66. The zero-order valence-corrected chi connectivity index (χ0v) is 12.6. The smallest absolute Gasteiger partial charge is 0.137 e. The Balaban J connectivity index is 1.85. The summed E-state index contributed by atoms with van der Waals surface area (Å²) in [6, 6.07) is 6.37. The highest BCUT2D eigenvalue weighted by Crippen LogP contribution is 2.25. The van der Waals surface area contributed by atoms with Crippen LogP contribution in [0.3, 0.4) is 0 Å². The Labute approximate surface area is 124 Å². The number of hydrogen-bond acceptors (Lipinski definition) is 3. The molecule has 108 valence electrons. The van der Waals surface area contributed by atoms with Gasteiger partial charge in [-0.15, -0.1) is 0 Å². The summed E-state index contributed by atoms with van der Waals surface area (Å²) in [6.07, 6.45) is 5.43. The monoisotopic (exact) mass is 293 g/mol. The fourth-order valence-electron chi connectivity index (χ4n) is 1.77. The van der Waals surface area contributed by atoms with Crippen LogP contribution in [0, 0.1) is 0 Å². The SMILES string of the molecule is CC(C)NCc1ccc(OCCn2ccnc2)c(Cl)c1. The van der Waals surface area contributed by atoms with Gasteiger partial charge in [-0.25, -0.2) is 4.98 Å². The lowest BCUT2D eigenvalue weighted by molar-refractivity contribution is 0.298. The molecule has 0 aliphatic rings. The Bertz CT molecular complexity index is 526. The molecule has 2 aromatic rings. The molecule has 1 N–H and O–H groups in total. The highest BCUT2D eigenvalue weighted by atomic mass is 35.5. The molecular weight excluding hydrogens is 274 g/mol. The van der Waals surface area contributed by atoms with E-state index in [0.29, 0.717) is 17.7 Å². The number of halogens is 1. The fraction of sp³-hybridized carbons (Fsp3) is 0.400. The molecule has 0 unspecified atom stereocenters. The summed E-state index contributed by atoms with van der Waals surface area (Å²) in [5.74, 6) is 0.722. The Hall–Kier alpha value is -1.52. The molecular formula is C15H20ClN3O. The molecule has 0 radical (unpaired) electrons. The van der Waals surface area contributed by atoms with Crippen LogP contribution >= 0.6 is 11.6 Å². The molecule has 0 aliphatic heterocycles. The van der Waals surface area contributed by atoms with Crippen LogP contribution in [0.25, 0.3) is 0 Å². The minimum Gasteiger partial charge on any atom is -0.490 e. The van der Waals surface area contributed by atoms with Crippen molar-refractivity contribution in [3.05, 3.63) is 47.5 Å². The topological polar surface area (TPSA) is 39.1 Å². The van der Waals surface area contributed by atoms with Gasteiger partial charge in [0.25, 0.3) is 0 Å². The quantitative estimate of drug-likeness (QED) is 0.852. The van der Waals surface area contributed by atoms with E-state index in [9.17, 15) is 0 Å². The van der Waals surface area contributed by atoms with E-state index in [1.165, 1.54) is 0 Å². The van der Waals surface area contributed by atoms with Gasteiger partial charge >= 0.3 is 0 Å². The van der Waals surface area contributed by atoms with Crippen LogP contribution in [0.2, 0.25) is 5.02 Å². The summed E-state index contributed by atoms with van der Waals surface area (Å²) in [6.45, 7) is 6.38. The van der Waals surface area contributed by atoms with Gasteiger partial charge in [0.1, 0.15) is 12.4 Å². The summed E-state index contributed by atoms with van der Waals surface area (Å²) in [7, 11) is 0. The van der Waals surface area contributed by atoms with Gasteiger partial charge in [-0.3, -0.25) is 0 Å². The Morgan fingerprint density at radius 3 is 2.90 bits per heavy atom. The second-order valence-corrected chi connectivity index (χ2v) is 5.36. The number of rotatable bonds is 7. The number of hydrogen-bond donors (Lipinski definition) is 1. The third kappa shape index (κ3) is 4.54. The van der Waals surface area contributed by atoms with Crippen LogP contribution in [0.5, 0.6) is 5.75 Å². The highest BCUT2D eigenvalue weighted by Gasteiger charge is 2.04. The summed E-state index contributed by atoms with van der Waals surface area (Å²) in [5, 5.41) is 4.01. The first-order valence-electron chi connectivity index (χ1n) is 6.75. The van der Waals surface area contributed by atoms with Crippen molar-refractivity contribution in [3.63, 3.8) is 0 Å². The Morgan fingerprint density at radius 2 is 2.25 bits per heavy atom. The Morgan fingerprint density at radius 1 is 1.40 bits per heavy atom. The molecule has 0 spiro atoms. The molecule has 2 rings (SSSR count). The molecule has 1 aromatic carbocycles. The molecule has 0 fully saturated rings. The maximum atomic E-state index is 6.23. The predicted molar refractivity (Wildman–Crippen MR) is 81.1 cm³/mol. The molecule has 5 heteroatoms. The first-order valence-corrected chi connectivity index (χ1v) is 7.13. The van der Waals surface area contributed by atoms with Gasteiger partial charge in [0.2, 0.25) is 0 Å². The molecule has 20 heavy (non-hydrogen) atoms. The number of benzene rings is 1. The summed E-state index contributed by atoms with van der Waals surface area (Å²) in [4.78, 5) is 3.99. The van der Waals surface area contributed by atoms with Gasteiger partial charge in [0.05, 0.1) is 17.9 Å². The second kappa shape index (κ2) is 7.31. The van der Waals surface area contributed by atoms with Crippen LogP contribution in [0.1, 0.15) is 19.4 Å². The normalized spacial score (nSPS) is 11.0. The molecule has 0 aliphatic carbocycles. The third-order valence-corrected chi connectivity index (χ3v) is 3.17. The van der Waals surface area contributed by atoms with E-state index in [0.717, 1.165) is 24.4 Å². The van der Waals surface area contributed by atoms with Crippen molar-refractivity contribution in [3.8, 4) is 5.75 Å². The van der Waals surface area contributed by atoms with E-state index < -0.39 is 0 Å². The number of imidazole rings is 1. The van der Waals surface area contributed by atoms with E-state index in [1.807, 2.05) is 29.0 Å². The van der Waals surface area contributed by atoms with Crippen LogP contribution < -0.4 is 10.1 Å². The lowest BCUT2D eigenvalue weighted by atomic mass is 10.2. The minimum atomic E-state index is 0.458. The standard InChI is InChI=1S/C15H20ClN3O/c1-12(2)18-10-13-3-4-15(14(16)9-13)20-8-7-19-6-5-17-11-19/h3-6,9,11-12,18H,7-8,10H2,1-2H3. The number of nitrogens with one attached hydrogen (secondary N) is 1. The third-order valence-electron chi connectivity index (χ3n) is 2.88. The van der Waals surface area contributed by atoms with Gasteiger partial charge in [0.15, 0.2) is 0 Å².